The van der Waals surface area contributed by atoms with Crippen molar-refractivity contribution in [2.45, 2.75) is 51.2 Å². The van der Waals surface area contributed by atoms with Gasteiger partial charge in [0.25, 0.3) is 0 Å². The Balaban J connectivity index is 2.65. The lowest BCUT2D eigenvalue weighted by Gasteiger charge is -2.41. The van der Waals surface area contributed by atoms with Gasteiger partial charge < -0.3 is 0 Å². The summed E-state index contributed by atoms with van der Waals surface area (Å²) in [6, 6.07) is 0. The van der Waals surface area contributed by atoms with Gasteiger partial charge in [-0.3, -0.25) is 0 Å². The molecule has 1 saturated heterocycles. The van der Waals surface area contributed by atoms with Gasteiger partial charge in [-0.1, -0.05) is 26.7 Å². The first-order chi connectivity index (χ1) is 12.3. The van der Waals surface area contributed by atoms with Crippen LogP contribution in [0.4, 0.5) is 0 Å². The summed E-state index contributed by atoms with van der Waals surface area (Å²) in [7, 11) is -5.40. The van der Waals surface area contributed by atoms with Crippen LogP contribution < -0.4 is 0 Å². The predicted octanol–water partition coefficient (Wildman–Crippen LogP) is 2.56. The molecular formula is C18H40N2O4S3. The molecule has 1 heterocycles. The number of hydrogen-bond donors (Lipinski definition) is 0. The molecule has 0 amide bonds. The maximum absolute atomic E-state index is 12.0. The van der Waals surface area contributed by atoms with E-state index < -0.39 is 30.1 Å². The minimum atomic E-state index is -3.17. The Hall–Kier alpha value is 0.170. The van der Waals surface area contributed by atoms with E-state index in [4.69, 9.17) is 0 Å². The van der Waals surface area contributed by atoms with Crippen molar-refractivity contribution < 1.29 is 16.8 Å². The molecule has 0 aromatic rings. The normalized spacial score (nSPS) is 21.4. The summed E-state index contributed by atoms with van der Waals surface area (Å²) in [5.41, 5.74) is 0. The largest absolute Gasteiger partial charge is 0.243 e. The molecule has 0 saturated carbocycles. The van der Waals surface area contributed by atoms with Gasteiger partial charge in [-0.15, -0.1) is 0 Å². The van der Waals surface area contributed by atoms with Crippen molar-refractivity contribution in [1.29, 1.82) is 0 Å². The van der Waals surface area contributed by atoms with Gasteiger partial charge in [0.1, 0.15) is 0 Å². The molecule has 0 spiro atoms. The lowest BCUT2D eigenvalue weighted by molar-refractivity contribution is 0.329. The molecule has 2 unspecified atom stereocenters. The fraction of sp³-hybridized carbons (Fsp3) is 1.00. The van der Waals surface area contributed by atoms with Crippen LogP contribution in [0.25, 0.3) is 0 Å². The van der Waals surface area contributed by atoms with Gasteiger partial charge in [-0.2, -0.15) is 0 Å². The van der Waals surface area contributed by atoms with E-state index >= 15 is 0 Å². The average molecular weight is 445 g/mol. The first kappa shape index (κ1) is 25.2. The van der Waals surface area contributed by atoms with Crippen LogP contribution in [0.15, 0.2) is 0 Å². The molecule has 1 fully saturated rings. The van der Waals surface area contributed by atoms with Crippen LogP contribution >= 0.6 is 10.0 Å². The highest BCUT2D eigenvalue weighted by Crippen LogP contribution is 2.47. The number of rotatable bonds is 12. The van der Waals surface area contributed by atoms with Gasteiger partial charge in [-0.25, -0.2) is 35.5 Å². The van der Waals surface area contributed by atoms with Gasteiger partial charge in [0.05, 0.1) is 12.0 Å². The molecule has 1 aliphatic heterocycles. The highest BCUT2D eigenvalue weighted by Gasteiger charge is 2.30. The zero-order valence-electron chi connectivity index (χ0n) is 18.0. The van der Waals surface area contributed by atoms with E-state index in [1.54, 1.807) is 11.4 Å². The fourth-order valence-electron chi connectivity index (χ4n) is 3.51. The van der Waals surface area contributed by atoms with Crippen molar-refractivity contribution in [3.05, 3.63) is 0 Å². The number of hydrogen-bond acceptors (Lipinski definition) is 4. The Morgan fingerprint density at radius 1 is 1.11 bits per heavy atom. The highest BCUT2D eigenvalue weighted by molar-refractivity contribution is 8.33. The van der Waals surface area contributed by atoms with Gasteiger partial charge >= 0.3 is 0 Å². The monoisotopic (exact) mass is 444 g/mol. The first-order valence-electron chi connectivity index (χ1n) is 9.92. The van der Waals surface area contributed by atoms with Crippen LogP contribution in [0, 0.1) is 5.92 Å². The fourth-order valence-corrected chi connectivity index (χ4v) is 7.56. The standard InChI is InChI=1S/C18H40N2O4S3/c1-7-17(15-20-13-10-14-27(20,23)24)11-9-12-18(25(4,5)8-2)16-19(3)26(6,21)22/h17-18H,7-16H2,1-6H3. The summed E-state index contributed by atoms with van der Waals surface area (Å²) in [6.45, 7) is 6.19. The quantitative estimate of drug-likeness (QED) is 0.464. The van der Waals surface area contributed by atoms with E-state index in [2.05, 4.69) is 26.4 Å². The molecule has 9 heteroatoms. The Kier molecular flexibility index (Phi) is 9.59. The Bertz CT molecular complexity index is 662. The second kappa shape index (κ2) is 10.3. The molecule has 0 aromatic carbocycles. The van der Waals surface area contributed by atoms with Gasteiger partial charge in [0.2, 0.25) is 20.0 Å². The predicted molar refractivity (Wildman–Crippen MR) is 119 cm³/mol. The van der Waals surface area contributed by atoms with E-state index in [9.17, 15) is 16.8 Å². The molecular weight excluding hydrogens is 404 g/mol. The van der Waals surface area contributed by atoms with E-state index in [0.717, 1.165) is 37.9 Å². The molecule has 1 rings (SSSR count). The topological polar surface area (TPSA) is 74.8 Å². The summed E-state index contributed by atoms with van der Waals surface area (Å²) in [4.78, 5) is 0. The SMILES string of the molecule is CCC(CCCC(CN(C)S(C)(=O)=O)S(C)(C)CC)CN1CCCS1(=O)=O. The van der Waals surface area contributed by atoms with Crippen LogP contribution in [0.3, 0.4) is 0 Å². The highest BCUT2D eigenvalue weighted by atomic mass is 32.3. The summed E-state index contributed by atoms with van der Waals surface area (Å²) in [6.07, 6.45) is 10.6. The molecule has 164 valence electrons. The van der Waals surface area contributed by atoms with Gasteiger partial charge in [-0.05, 0) is 43.4 Å². The van der Waals surface area contributed by atoms with Crippen molar-refractivity contribution >= 4 is 30.1 Å². The second-order valence-corrected chi connectivity index (χ2v) is 17.0. The molecule has 2 atom stereocenters. The average Bonchev–Trinajstić information content (AvgIpc) is 2.89. The summed E-state index contributed by atoms with van der Waals surface area (Å²) in [5, 5.41) is 0.371. The van der Waals surface area contributed by atoms with E-state index in [1.807, 2.05) is 0 Å². The third kappa shape index (κ3) is 7.84. The first-order valence-corrected chi connectivity index (χ1v) is 16.1. The molecule has 0 aromatic heterocycles. The summed E-state index contributed by atoms with van der Waals surface area (Å²) < 4.78 is 50.9. The minimum Gasteiger partial charge on any atom is -0.243 e. The van der Waals surface area contributed by atoms with Gasteiger partial charge in [0.15, 0.2) is 0 Å². The van der Waals surface area contributed by atoms with Crippen LogP contribution in [-0.4, -0.2) is 87.7 Å². The lowest BCUT2D eigenvalue weighted by atomic mass is 9.98. The van der Waals surface area contributed by atoms with Crippen molar-refractivity contribution in [2.75, 3.05) is 57.0 Å². The van der Waals surface area contributed by atoms with Crippen LogP contribution in [0.1, 0.15) is 46.0 Å². The van der Waals surface area contributed by atoms with Crippen LogP contribution in [0.5, 0.6) is 0 Å². The maximum Gasteiger partial charge on any atom is 0.214 e. The van der Waals surface area contributed by atoms with E-state index in [1.165, 1.54) is 10.6 Å². The summed E-state index contributed by atoms with van der Waals surface area (Å²) in [5.74, 6) is 1.75. The zero-order valence-corrected chi connectivity index (χ0v) is 20.4. The zero-order chi connectivity index (χ0) is 20.9. The molecule has 0 radical (unpaired) electrons. The third-order valence-electron chi connectivity index (χ3n) is 6.05. The molecule has 0 aliphatic carbocycles. The van der Waals surface area contributed by atoms with E-state index in [0.29, 0.717) is 30.8 Å². The number of nitrogens with zero attached hydrogens (tertiary/aromatic N) is 2. The smallest absolute Gasteiger partial charge is 0.214 e. The van der Waals surface area contributed by atoms with Crippen molar-refractivity contribution in [1.82, 2.24) is 8.61 Å². The molecule has 27 heavy (non-hydrogen) atoms. The molecule has 0 N–H and O–H groups in total. The minimum absolute atomic E-state index is 0.289. The Morgan fingerprint density at radius 3 is 2.19 bits per heavy atom. The van der Waals surface area contributed by atoms with Crippen molar-refractivity contribution in [3.63, 3.8) is 0 Å². The second-order valence-electron chi connectivity index (χ2n) is 8.31. The lowest BCUT2D eigenvalue weighted by Crippen LogP contribution is -2.36. The summed E-state index contributed by atoms with van der Waals surface area (Å²) >= 11 is 0. The third-order valence-corrected chi connectivity index (χ3v) is 12.9. The molecule has 0 bridgehead atoms. The van der Waals surface area contributed by atoms with Crippen molar-refractivity contribution in [3.8, 4) is 0 Å². The molecule has 1 aliphatic rings. The van der Waals surface area contributed by atoms with Crippen LogP contribution in [-0.2, 0) is 20.0 Å². The van der Waals surface area contributed by atoms with Crippen LogP contribution in [0.2, 0.25) is 0 Å². The Labute approximate surface area is 169 Å². The Morgan fingerprint density at radius 2 is 1.74 bits per heavy atom. The van der Waals surface area contributed by atoms with Gasteiger partial charge in [0, 0.05) is 31.9 Å². The maximum atomic E-state index is 12.0. The number of sulfonamides is 2. The molecule has 6 nitrogen and oxygen atoms in total. The van der Waals surface area contributed by atoms with Crippen molar-refractivity contribution in [2.24, 2.45) is 5.92 Å². The van der Waals surface area contributed by atoms with E-state index in [-0.39, 0.29) is 5.75 Å².